The van der Waals surface area contributed by atoms with Crippen molar-refractivity contribution in [2.75, 3.05) is 12.3 Å². The number of hydrogen-bond acceptors (Lipinski definition) is 2. The first-order valence-corrected chi connectivity index (χ1v) is 7.09. The summed E-state index contributed by atoms with van der Waals surface area (Å²) in [4.78, 5) is 4.17. The van der Waals surface area contributed by atoms with Crippen LogP contribution in [0.2, 0.25) is 0 Å². The van der Waals surface area contributed by atoms with E-state index in [1.807, 2.05) is 30.3 Å². The lowest BCUT2D eigenvalue weighted by Crippen LogP contribution is -2.19. The highest BCUT2D eigenvalue weighted by molar-refractivity contribution is 8.14. The van der Waals surface area contributed by atoms with Gasteiger partial charge >= 0.3 is 6.18 Å². The molecule has 1 fully saturated rings. The largest absolute Gasteiger partial charge is 0.389 e. The average Bonchev–Trinajstić information content (AvgIpc) is 2.83. The fourth-order valence-electron chi connectivity index (χ4n) is 1.81. The number of amidine groups is 1. The fourth-order valence-corrected chi connectivity index (χ4v) is 2.82. The summed E-state index contributed by atoms with van der Waals surface area (Å²) < 4.78 is 35.9. The summed E-state index contributed by atoms with van der Waals surface area (Å²) >= 11 is 1.56. The minimum absolute atomic E-state index is 0.0469. The van der Waals surface area contributed by atoms with E-state index in [0.29, 0.717) is 0 Å². The van der Waals surface area contributed by atoms with Gasteiger partial charge < -0.3 is 5.32 Å². The van der Waals surface area contributed by atoms with E-state index in [9.17, 15) is 13.2 Å². The molecule has 19 heavy (non-hydrogen) atoms. The van der Waals surface area contributed by atoms with E-state index in [2.05, 4.69) is 10.3 Å². The number of hydrogen-bond donors (Lipinski definition) is 1. The van der Waals surface area contributed by atoms with Crippen LogP contribution in [0.1, 0.15) is 24.4 Å². The summed E-state index contributed by atoms with van der Waals surface area (Å²) in [6, 6.07) is 10.2. The van der Waals surface area contributed by atoms with Crippen LogP contribution in [0.4, 0.5) is 13.2 Å². The normalized spacial score (nSPS) is 21.6. The fraction of sp³-hybridized carbons (Fsp3) is 0.462. The molecule has 1 N–H and O–H groups in total. The van der Waals surface area contributed by atoms with Gasteiger partial charge in [-0.1, -0.05) is 42.1 Å². The van der Waals surface area contributed by atoms with E-state index in [0.717, 1.165) is 10.9 Å². The maximum absolute atomic E-state index is 12.0. The topological polar surface area (TPSA) is 24.4 Å². The van der Waals surface area contributed by atoms with Crippen LogP contribution >= 0.6 is 11.8 Å². The van der Waals surface area contributed by atoms with E-state index in [1.54, 1.807) is 11.8 Å². The Bertz CT molecular complexity index is 431. The predicted octanol–water partition coefficient (Wildman–Crippen LogP) is 3.76. The van der Waals surface area contributed by atoms with Crippen molar-refractivity contribution in [2.45, 2.75) is 25.1 Å². The van der Waals surface area contributed by atoms with Crippen molar-refractivity contribution in [2.24, 2.45) is 4.99 Å². The summed E-state index contributed by atoms with van der Waals surface area (Å²) in [7, 11) is 0. The number of nitrogens with zero attached hydrogens (tertiary/aromatic N) is 1. The molecule has 104 valence electrons. The van der Waals surface area contributed by atoms with Crippen molar-refractivity contribution in [1.29, 1.82) is 0 Å². The molecule has 0 spiro atoms. The number of nitrogens with one attached hydrogen (secondary N) is 1. The Morgan fingerprint density at radius 1 is 1.26 bits per heavy atom. The lowest BCUT2D eigenvalue weighted by atomic mass is 10.1. The third-order valence-electron chi connectivity index (χ3n) is 2.76. The van der Waals surface area contributed by atoms with Crippen LogP contribution in [-0.2, 0) is 0 Å². The standard InChI is InChI=1S/C13H15F3N2S/c14-13(15,16)7-4-8-17-12-18-11(9-19-12)10-5-2-1-3-6-10/h1-3,5-6,11H,4,7-9H2,(H,17,18). The third-order valence-corrected chi connectivity index (χ3v) is 3.78. The van der Waals surface area contributed by atoms with Gasteiger partial charge in [-0.25, -0.2) is 0 Å². The van der Waals surface area contributed by atoms with Crippen molar-refractivity contribution in [3.05, 3.63) is 35.9 Å². The Balaban J connectivity index is 1.79. The third kappa shape index (κ3) is 4.78. The number of alkyl halides is 3. The van der Waals surface area contributed by atoms with Crippen molar-refractivity contribution in [1.82, 2.24) is 5.32 Å². The van der Waals surface area contributed by atoms with Gasteiger partial charge in [-0.05, 0) is 12.0 Å². The molecule has 0 saturated carbocycles. The molecule has 0 aromatic heterocycles. The molecule has 1 aromatic carbocycles. The van der Waals surface area contributed by atoms with E-state index < -0.39 is 12.6 Å². The molecule has 2 nitrogen and oxygen atoms in total. The minimum Gasteiger partial charge on any atom is -0.357 e. The van der Waals surface area contributed by atoms with Crippen molar-refractivity contribution in [3.63, 3.8) is 0 Å². The minimum atomic E-state index is -4.08. The lowest BCUT2D eigenvalue weighted by molar-refractivity contribution is -0.134. The van der Waals surface area contributed by atoms with Gasteiger partial charge in [0.1, 0.15) is 0 Å². The smallest absolute Gasteiger partial charge is 0.357 e. The highest BCUT2D eigenvalue weighted by atomic mass is 32.2. The van der Waals surface area contributed by atoms with Gasteiger partial charge in [0.15, 0.2) is 5.17 Å². The molecule has 1 unspecified atom stereocenters. The Morgan fingerprint density at radius 2 is 2.00 bits per heavy atom. The summed E-state index contributed by atoms with van der Waals surface area (Å²) in [5.41, 5.74) is 1.18. The number of halogens is 3. The molecule has 6 heteroatoms. The molecular weight excluding hydrogens is 273 g/mol. The highest BCUT2D eigenvalue weighted by Gasteiger charge is 2.26. The molecule has 0 amide bonds. The lowest BCUT2D eigenvalue weighted by Gasteiger charge is -2.09. The van der Waals surface area contributed by atoms with Crippen LogP contribution in [0.5, 0.6) is 0 Å². The first-order valence-electron chi connectivity index (χ1n) is 6.10. The molecule has 0 radical (unpaired) electrons. The van der Waals surface area contributed by atoms with Crippen molar-refractivity contribution >= 4 is 16.9 Å². The number of aliphatic imine (C=N–C) groups is 1. The van der Waals surface area contributed by atoms with Gasteiger partial charge in [0.2, 0.25) is 0 Å². The molecule has 1 aromatic rings. The molecule has 1 aliphatic rings. The van der Waals surface area contributed by atoms with Crippen LogP contribution in [0.25, 0.3) is 0 Å². The van der Waals surface area contributed by atoms with Crippen LogP contribution in [0.3, 0.4) is 0 Å². The molecule has 1 atom stereocenters. The maximum atomic E-state index is 12.0. The number of thioether (sulfide) groups is 1. The molecular formula is C13H15F3N2S. The number of rotatable bonds is 4. The highest BCUT2D eigenvalue weighted by Crippen LogP contribution is 2.26. The van der Waals surface area contributed by atoms with Gasteiger partial charge in [0, 0.05) is 18.7 Å². The second-order valence-electron chi connectivity index (χ2n) is 4.32. The zero-order valence-electron chi connectivity index (χ0n) is 10.3. The van der Waals surface area contributed by atoms with E-state index in [1.165, 1.54) is 5.56 Å². The van der Waals surface area contributed by atoms with Crippen LogP contribution in [-0.4, -0.2) is 23.6 Å². The Kier molecular flexibility index (Phi) is 4.74. The van der Waals surface area contributed by atoms with E-state index in [-0.39, 0.29) is 19.0 Å². The Morgan fingerprint density at radius 3 is 2.68 bits per heavy atom. The zero-order valence-corrected chi connectivity index (χ0v) is 11.1. The van der Waals surface area contributed by atoms with Gasteiger partial charge in [-0.3, -0.25) is 4.99 Å². The SMILES string of the molecule is FC(F)(F)CCCN=C1NC(c2ccccc2)CS1. The predicted molar refractivity (Wildman–Crippen MR) is 72.4 cm³/mol. The molecule has 0 aliphatic carbocycles. The second-order valence-corrected chi connectivity index (χ2v) is 5.33. The first kappa shape index (κ1) is 14.2. The zero-order chi connectivity index (χ0) is 13.7. The molecule has 2 rings (SSSR count). The molecule has 1 heterocycles. The van der Waals surface area contributed by atoms with Gasteiger partial charge in [0.25, 0.3) is 0 Å². The number of benzene rings is 1. The van der Waals surface area contributed by atoms with Crippen LogP contribution in [0, 0.1) is 0 Å². The van der Waals surface area contributed by atoms with Crippen LogP contribution in [0.15, 0.2) is 35.3 Å². The van der Waals surface area contributed by atoms with Gasteiger partial charge in [-0.15, -0.1) is 0 Å². The second kappa shape index (κ2) is 6.32. The Hall–Kier alpha value is -1.17. The Labute approximate surface area is 114 Å². The first-order chi connectivity index (χ1) is 9.04. The summed E-state index contributed by atoms with van der Waals surface area (Å²) in [6.45, 7) is 0.219. The van der Waals surface area contributed by atoms with E-state index in [4.69, 9.17) is 0 Å². The quantitative estimate of drug-likeness (QED) is 0.853. The van der Waals surface area contributed by atoms with Gasteiger partial charge in [-0.2, -0.15) is 13.2 Å². The molecule has 1 aliphatic heterocycles. The average molecular weight is 288 g/mol. The van der Waals surface area contributed by atoms with Crippen LogP contribution < -0.4 is 5.32 Å². The van der Waals surface area contributed by atoms with Gasteiger partial charge in [0.05, 0.1) is 6.04 Å². The summed E-state index contributed by atoms with van der Waals surface area (Å²) in [5.74, 6) is 0.863. The van der Waals surface area contributed by atoms with E-state index >= 15 is 0 Å². The van der Waals surface area contributed by atoms with Crippen molar-refractivity contribution < 1.29 is 13.2 Å². The monoisotopic (exact) mass is 288 g/mol. The summed E-state index contributed by atoms with van der Waals surface area (Å²) in [5, 5.41) is 3.98. The molecule has 0 bridgehead atoms. The van der Waals surface area contributed by atoms with Crippen molar-refractivity contribution in [3.8, 4) is 0 Å². The maximum Gasteiger partial charge on any atom is 0.389 e. The summed E-state index contributed by atoms with van der Waals surface area (Å²) in [6.07, 6.45) is -4.80. The molecule has 1 saturated heterocycles.